The van der Waals surface area contributed by atoms with E-state index < -0.39 is 29.2 Å². The van der Waals surface area contributed by atoms with Crippen LogP contribution in [0.15, 0.2) is 30.5 Å². The second kappa shape index (κ2) is 6.23. The quantitative estimate of drug-likeness (QED) is 0.833. The molecule has 132 valence electrons. The van der Waals surface area contributed by atoms with Gasteiger partial charge in [-0.05, 0) is 31.9 Å². The number of carbonyl (C=O) groups excluding carboxylic acids is 2. The highest BCUT2D eigenvalue weighted by Crippen LogP contribution is 2.33. The molecule has 0 aliphatic heterocycles. The Morgan fingerprint density at radius 3 is 2.36 bits per heavy atom. The van der Waals surface area contributed by atoms with Gasteiger partial charge in [-0.15, -0.1) is 0 Å². The second-order valence-electron chi connectivity index (χ2n) is 5.87. The van der Waals surface area contributed by atoms with Crippen molar-refractivity contribution in [2.75, 3.05) is 0 Å². The molecule has 2 aromatic rings. The van der Waals surface area contributed by atoms with Gasteiger partial charge in [0, 0.05) is 5.92 Å². The standard InChI is InChI=1S/C16H15F3N4O2/c1-9-2-6-11(7-3-9)23-13(16(17,18)19)12(8-20-23)15(25)22-21-14(24)10-4-5-10/h2-3,6-8,10H,4-5H2,1H3,(H,21,24)(H,22,25). The Bertz CT molecular complexity index is 808. The topological polar surface area (TPSA) is 76.0 Å². The summed E-state index contributed by atoms with van der Waals surface area (Å²) in [6.45, 7) is 1.80. The van der Waals surface area contributed by atoms with Gasteiger partial charge in [-0.1, -0.05) is 17.7 Å². The summed E-state index contributed by atoms with van der Waals surface area (Å²) in [7, 11) is 0. The number of hydrogen-bond acceptors (Lipinski definition) is 3. The third kappa shape index (κ3) is 3.65. The molecule has 1 aliphatic carbocycles. The van der Waals surface area contributed by atoms with Gasteiger partial charge in [0.1, 0.15) is 0 Å². The zero-order valence-electron chi connectivity index (χ0n) is 13.2. The summed E-state index contributed by atoms with van der Waals surface area (Å²) in [5, 5.41) is 3.70. The summed E-state index contributed by atoms with van der Waals surface area (Å²) in [6.07, 6.45) is -2.54. The Morgan fingerprint density at radius 2 is 1.80 bits per heavy atom. The Hall–Kier alpha value is -2.84. The van der Waals surface area contributed by atoms with Crippen molar-refractivity contribution < 1.29 is 22.8 Å². The average Bonchev–Trinajstić information content (AvgIpc) is 3.30. The van der Waals surface area contributed by atoms with Crippen LogP contribution in [0.2, 0.25) is 0 Å². The molecule has 0 atom stereocenters. The molecule has 25 heavy (non-hydrogen) atoms. The van der Waals surface area contributed by atoms with Crippen LogP contribution in [0.1, 0.15) is 34.5 Å². The lowest BCUT2D eigenvalue weighted by Crippen LogP contribution is -2.42. The van der Waals surface area contributed by atoms with Crippen LogP contribution in [0.4, 0.5) is 13.2 Å². The number of hydrazine groups is 1. The molecular formula is C16H15F3N4O2. The number of carbonyl (C=O) groups is 2. The van der Waals surface area contributed by atoms with E-state index in [4.69, 9.17) is 0 Å². The van der Waals surface area contributed by atoms with Crippen LogP contribution < -0.4 is 10.9 Å². The molecule has 6 nitrogen and oxygen atoms in total. The minimum absolute atomic E-state index is 0.180. The molecule has 1 aliphatic rings. The maximum Gasteiger partial charge on any atom is 0.434 e. The number of alkyl halides is 3. The highest BCUT2D eigenvalue weighted by molar-refractivity contribution is 5.96. The minimum Gasteiger partial charge on any atom is -0.273 e. The van der Waals surface area contributed by atoms with Crippen molar-refractivity contribution in [3.8, 4) is 5.69 Å². The van der Waals surface area contributed by atoms with E-state index in [-0.39, 0.29) is 11.6 Å². The van der Waals surface area contributed by atoms with Crippen molar-refractivity contribution >= 4 is 11.8 Å². The van der Waals surface area contributed by atoms with E-state index in [0.717, 1.165) is 11.8 Å². The van der Waals surface area contributed by atoms with Gasteiger partial charge in [-0.3, -0.25) is 20.4 Å². The lowest BCUT2D eigenvalue weighted by atomic mass is 10.2. The van der Waals surface area contributed by atoms with Crippen LogP contribution in [0.25, 0.3) is 5.69 Å². The van der Waals surface area contributed by atoms with Crippen LogP contribution in [0.3, 0.4) is 0 Å². The van der Waals surface area contributed by atoms with Crippen molar-refractivity contribution in [3.63, 3.8) is 0 Å². The summed E-state index contributed by atoms with van der Waals surface area (Å²) in [5.41, 5.74) is 3.35. The molecule has 3 rings (SSSR count). The molecular weight excluding hydrogens is 337 g/mol. The average molecular weight is 352 g/mol. The maximum absolute atomic E-state index is 13.5. The number of aromatic nitrogens is 2. The Labute approximate surface area is 141 Å². The number of rotatable bonds is 3. The molecule has 2 amide bonds. The first kappa shape index (κ1) is 17.0. The van der Waals surface area contributed by atoms with Gasteiger partial charge in [0.25, 0.3) is 5.91 Å². The first-order valence-electron chi connectivity index (χ1n) is 7.60. The maximum atomic E-state index is 13.5. The summed E-state index contributed by atoms with van der Waals surface area (Å²) in [6, 6.07) is 6.25. The van der Waals surface area contributed by atoms with Gasteiger partial charge >= 0.3 is 6.18 Å². The fraction of sp³-hybridized carbons (Fsp3) is 0.312. The molecule has 0 radical (unpaired) electrons. The van der Waals surface area contributed by atoms with Gasteiger partial charge in [0.2, 0.25) is 5.91 Å². The van der Waals surface area contributed by atoms with E-state index in [2.05, 4.69) is 10.5 Å². The van der Waals surface area contributed by atoms with Crippen molar-refractivity contribution in [1.82, 2.24) is 20.6 Å². The molecule has 1 fully saturated rings. The third-order valence-corrected chi connectivity index (χ3v) is 3.81. The van der Waals surface area contributed by atoms with Crippen molar-refractivity contribution in [3.05, 3.63) is 47.3 Å². The summed E-state index contributed by atoms with van der Waals surface area (Å²) < 4.78 is 41.1. The number of hydrogen-bond donors (Lipinski definition) is 2. The number of nitrogens with zero attached hydrogens (tertiary/aromatic N) is 2. The molecule has 1 aromatic heterocycles. The van der Waals surface area contributed by atoms with E-state index in [9.17, 15) is 22.8 Å². The molecule has 9 heteroatoms. The number of halogens is 3. The van der Waals surface area contributed by atoms with E-state index >= 15 is 0 Å². The SMILES string of the molecule is Cc1ccc(-n2ncc(C(=O)NNC(=O)C3CC3)c2C(F)(F)F)cc1. The first-order chi connectivity index (χ1) is 11.8. The Morgan fingerprint density at radius 1 is 1.16 bits per heavy atom. The normalized spacial score (nSPS) is 14.2. The Balaban J connectivity index is 1.89. The molecule has 1 aromatic carbocycles. The van der Waals surface area contributed by atoms with Gasteiger partial charge in [-0.25, -0.2) is 4.68 Å². The van der Waals surface area contributed by atoms with Crippen LogP contribution in [0.5, 0.6) is 0 Å². The van der Waals surface area contributed by atoms with Gasteiger partial charge in [-0.2, -0.15) is 18.3 Å². The van der Waals surface area contributed by atoms with E-state index in [0.29, 0.717) is 17.5 Å². The molecule has 0 unspecified atom stereocenters. The lowest BCUT2D eigenvalue weighted by molar-refractivity contribution is -0.143. The predicted octanol–water partition coefficient (Wildman–Crippen LogP) is 2.37. The number of aryl methyl sites for hydroxylation is 1. The smallest absolute Gasteiger partial charge is 0.273 e. The lowest BCUT2D eigenvalue weighted by Gasteiger charge is -2.13. The summed E-state index contributed by atoms with van der Waals surface area (Å²) in [4.78, 5) is 23.6. The summed E-state index contributed by atoms with van der Waals surface area (Å²) >= 11 is 0. The molecule has 0 saturated heterocycles. The molecule has 1 heterocycles. The van der Waals surface area contributed by atoms with E-state index in [1.807, 2.05) is 5.43 Å². The van der Waals surface area contributed by atoms with Crippen LogP contribution >= 0.6 is 0 Å². The molecule has 1 saturated carbocycles. The highest BCUT2D eigenvalue weighted by atomic mass is 19.4. The first-order valence-corrected chi connectivity index (χ1v) is 7.60. The van der Waals surface area contributed by atoms with Crippen LogP contribution in [-0.4, -0.2) is 21.6 Å². The van der Waals surface area contributed by atoms with Gasteiger partial charge < -0.3 is 0 Å². The van der Waals surface area contributed by atoms with Crippen molar-refractivity contribution in [1.29, 1.82) is 0 Å². The third-order valence-electron chi connectivity index (χ3n) is 3.81. The minimum atomic E-state index is -4.80. The zero-order chi connectivity index (χ0) is 18.2. The van der Waals surface area contributed by atoms with Crippen LogP contribution in [-0.2, 0) is 11.0 Å². The molecule has 0 spiro atoms. The predicted molar refractivity (Wildman–Crippen MR) is 81.6 cm³/mol. The fourth-order valence-corrected chi connectivity index (χ4v) is 2.30. The van der Waals surface area contributed by atoms with E-state index in [1.54, 1.807) is 19.1 Å². The zero-order valence-corrected chi connectivity index (χ0v) is 13.2. The second-order valence-corrected chi connectivity index (χ2v) is 5.87. The van der Waals surface area contributed by atoms with Gasteiger partial charge in [0.15, 0.2) is 5.69 Å². The molecule has 0 bridgehead atoms. The van der Waals surface area contributed by atoms with Gasteiger partial charge in [0.05, 0.1) is 17.4 Å². The number of amides is 2. The van der Waals surface area contributed by atoms with E-state index in [1.165, 1.54) is 12.1 Å². The number of benzene rings is 1. The monoisotopic (exact) mass is 352 g/mol. The summed E-state index contributed by atoms with van der Waals surface area (Å²) in [5.74, 6) is -1.66. The highest BCUT2D eigenvalue weighted by Gasteiger charge is 2.40. The van der Waals surface area contributed by atoms with Crippen LogP contribution in [0, 0.1) is 12.8 Å². The van der Waals surface area contributed by atoms with Crippen molar-refractivity contribution in [2.24, 2.45) is 5.92 Å². The molecule has 2 N–H and O–H groups in total. The fourth-order valence-electron chi connectivity index (χ4n) is 2.30. The Kier molecular flexibility index (Phi) is 4.23. The van der Waals surface area contributed by atoms with Crippen molar-refractivity contribution in [2.45, 2.75) is 25.9 Å². The number of nitrogens with one attached hydrogen (secondary N) is 2. The largest absolute Gasteiger partial charge is 0.434 e.